The number of amides is 2. The van der Waals surface area contributed by atoms with Crippen molar-refractivity contribution in [2.45, 2.75) is 25.4 Å². The average Bonchev–Trinajstić information content (AvgIpc) is 3.05. The highest BCUT2D eigenvalue weighted by molar-refractivity contribution is 7.91. The van der Waals surface area contributed by atoms with Gasteiger partial charge < -0.3 is 0 Å². The summed E-state index contributed by atoms with van der Waals surface area (Å²) in [5, 5.41) is 0.437. The zero-order valence-corrected chi connectivity index (χ0v) is 15.9. The molecule has 0 spiro atoms. The standard InChI is InChI=1S/C19H19ClN2O3S/c1-2-13-7-9-14(10-8-13)21-17-11-26(24,25)12-18(17)22(19(21)23)16-6-4-3-5-15(16)20/h3-10,17-18H,2,11-12H2,1H3. The molecule has 26 heavy (non-hydrogen) atoms. The molecule has 0 aliphatic carbocycles. The van der Waals surface area contributed by atoms with Crippen molar-refractivity contribution in [1.29, 1.82) is 0 Å². The molecular weight excluding hydrogens is 372 g/mol. The van der Waals surface area contributed by atoms with Crippen molar-refractivity contribution in [1.82, 2.24) is 0 Å². The molecule has 2 amide bonds. The number of halogens is 1. The van der Waals surface area contributed by atoms with Crippen molar-refractivity contribution in [3.8, 4) is 0 Å². The average molecular weight is 391 g/mol. The van der Waals surface area contributed by atoms with E-state index in [1.807, 2.05) is 24.3 Å². The Kier molecular flexibility index (Phi) is 4.20. The number of para-hydroxylation sites is 1. The van der Waals surface area contributed by atoms with Crippen LogP contribution in [0, 0.1) is 0 Å². The Hall–Kier alpha value is -2.05. The molecule has 0 N–H and O–H groups in total. The van der Waals surface area contributed by atoms with Crippen LogP contribution < -0.4 is 9.80 Å². The first kappa shape index (κ1) is 17.4. The summed E-state index contributed by atoms with van der Waals surface area (Å²) in [4.78, 5) is 16.4. The van der Waals surface area contributed by atoms with Crippen LogP contribution in [0.2, 0.25) is 5.02 Å². The van der Waals surface area contributed by atoms with E-state index in [0.29, 0.717) is 16.4 Å². The van der Waals surface area contributed by atoms with E-state index in [1.165, 1.54) is 5.56 Å². The number of aryl methyl sites for hydroxylation is 1. The van der Waals surface area contributed by atoms with Crippen molar-refractivity contribution in [3.05, 3.63) is 59.1 Å². The maximum absolute atomic E-state index is 13.2. The molecule has 0 aromatic heterocycles. The van der Waals surface area contributed by atoms with E-state index in [4.69, 9.17) is 11.6 Å². The summed E-state index contributed by atoms with van der Waals surface area (Å²) in [6, 6.07) is 13.7. The fourth-order valence-corrected chi connectivity index (χ4v) is 5.97. The number of urea groups is 1. The van der Waals surface area contributed by atoms with Gasteiger partial charge in [0.25, 0.3) is 0 Å². The van der Waals surface area contributed by atoms with Gasteiger partial charge in [0.15, 0.2) is 9.84 Å². The van der Waals surface area contributed by atoms with E-state index in [1.54, 1.807) is 34.1 Å². The van der Waals surface area contributed by atoms with E-state index in [2.05, 4.69) is 6.92 Å². The van der Waals surface area contributed by atoms with Crippen LogP contribution in [0.5, 0.6) is 0 Å². The van der Waals surface area contributed by atoms with Crippen LogP contribution in [-0.2, 0) is 16.3 Å². The molecule has 2 aliphatic rings. The van der Waals surface area contributed by atoms with Gasteiger partial charge in [0, 0.05) is 5.69 Å². The predicted molar refractivity (Wildman–Crippen MR) is 104 cm³/mol. The summed E-state index contributed by atoms with van der Waals surface area (Å²) < 4.78 is 24.6. The minimum Gasteiger partial charge on any atom is -0.288 e. The fraction of sp³-hybridized carbons (Fsp3) is 0.316. The summed E-state index contributed by atoms with van der Waals surface area (Å²) in [6.07, 6.45) is 0.903. The maximum atomic E-state index is 13.2. The molecule has 5 nitrogen and oxygen atoms in total. The quantitative estimate of drug-likeness (QED) is 0.753. The Morgan fingerprint density at radius 3 is 2.23 bits per heavy atom. The number of carbonyl (C=O) groups is 1. The van der Waals surface area contributed by atoms with Gasteiger partial charge in [0.2, 0.25) is 0 Å². The molecule has 7 heteroatoms. The first-order valence-electron chi connectivity index (χ1n) is 8.57. The minimum atomic E-state index is -3.22. The third-order valence-electron chi connectivity index (χ3n) is 5.10. The van der Waals surface area contributed by atoms with Gasteiger partial charge in [-0.15, -0.1) is 0 Å². The predicted octanol–water partition coefficient (Wildman–Crippen LogP) is 3.51. The van der Waals surface area contributed by atoms with Gasteiger partial charge >= 0.3 is 6.03 Å². The monoisotopic (exact) mass is 390 g/mol. The van der Waals surface area contributed by atoms with Crippen LogP contribution in [-0.4, -0.2) is 38.0 Å². The Balaban J connectivity index is 1.80. The summed E-state index contributed by atoms with van der Waals surface area (Å²) in [7, 11) is -3.22. The van der Waals surface area contributed by atoms with Gasteiger partial charge in [-0.05, 0) is 36.2 Å². The van der Waals surface area contributed by atoms with Gasteiger partial charge in [-0.1, -0.05) is 42.8 Å². The zero-order valence-electron chi connectivity index (χ0n) is 14.3. The zero-order chi connectivity index (χ0) is 18.5. The molecule has 2 fully saturated rings. The highest BCUT2D eigenvalue weighted by Crippen LogP contribution is 2.40. The third-order valence-corrected chi connectivity index (χ3v) is 7.12. The first-order chi connectivity index (χ1) is 12.4. The molecule has 2 saturated heterocycles. The summed E-state index contributed by atoms with van der Waals surface area (Å²) >= 11 is 6.30. The Bertz CT molecular complexity index is 959. The fourth-order valence-electron chi connectivity index (χ4n) is 3.83. The van der Waals surface area contributed by atoms with Crippen molar-refractivity contribution >= 4 is 38.8 Å². The maximum Gasteiger partial charge on any atom is 0.329 e. The van der Waals surface area contributed by atoms with E-state index in [-0.39, 0.29) is 17.5 Å². The van der Waals surface area contributed by atoms with Crippen molar-refractivity contribution in [3.63, 3.8) is 0 Å². The van der Waals surface area contributed by atoms with Gasteiger partial charge in [0.1, 0.15) is 0 Å². The number of benzene rings is 2. The highest BCUT2D eigenvalue weighted by atomic mass is 35.5. The molecule has 136 valence electrons. The van der Waals surface area contributed by atoms with Crippen LogP contribution >= 0.6 is 11.6 Å². The van der Waals surface area contributed by atoms with Crippen LogP contribution in [0.1, 0.15) is 12.5 Å². The normalized spacial score (nSPS) is 24.2. The lowest BCUT2D eigenvalue weighted by Crippen LogP contribution is -2.38. The highest BCUT2D eigenvalue weighted by Gasteiger charge is 2.54. The number of anilines is 2. The van der Waals surface area contributed by atoms with Crippen molar-refractivity contribution in [2.24, 2.45) is 0 Å². The summed E-state index contributed by atoms with van der Waals surface area (Å²) in [6.45, 7) is 2.06. The Morgan fingerprint density at radius 1 is 1.00 bits per heavy atom. The van der Waals surface area contributed by atoms with Gasteiger partial charge in [-0.3, -0.25) is 9.80 Å². The lowest BCUT2D eigenvalue weighted by molar-refractivity contribution is 0.255. The van der Waals surface area contributed by atoms with E-state index >= 15 is 0 Å². The first-order valence-corrected chi connectivity index (χ1v) is 10.8. The van der Waals surface area contributed by atoms with Crippen LogP contribution in [0.15, 0.2) is 48.5 Å². The summed E-state index contributed by atoms with van der Waals surface area (Å²) in [5.74, 6) is -0.0714. The smallest absolute Gasteiger partial charge is 0.288 e. The topological polar surface area (TPSA) is 57.7 Å². The van der Waals surface area contributed by atoms with E-state index in [9.17, 15) is 13.2 Å². The van der Waals surface area contributed by atoms with Crippen molar-refractivity contribution in [2.75, 3.05) is 21.3 Å². The molecule has 2 atom stereocenters. The molecule has 2 heterocycles. The molecule has 0 saturated carbocycles. The van der Waals surface area contributed by atoms with Crippen LogP contribution in [0.3, 0.4) is 0 Å². The lowest BCUT2D eigenvalue weighted by Gasteiger charge is -2.23. The minimum absolute atomic E-state index is 0.0279. The molecule has 0 bridgehead atoms. The Morgan fingerprint density at radius 2 is 1.62 bits per heavy atom. The number of carbonyl (C=O) groups excluding carboxylic acids is 1. The second-order valence-electron chi connectivity index (χ2n) is 6.71. The molecule has 4 rings (SSSR count). The second-order valence-corrected chi connectivity index (χ2v) is 9.27. The molecule has 2 unspecified atom stereocenters. The number of nitrogens with zero attached hydrogens (tertiary/aromatic N) is 2. The number of hydrogen-bond donors (Lipinski definition) is 0. The van der Waals surface area contributed by atoms with E-state index in [0.717, 1.165) is 6.42 Å². The second kappa shape index (κ2) is 6.28. The lowest BCUT2D eigenvalue weighted by atomic mass is 10.1. The van der Waals surface area contributed by atoms with Crippen LogP contribution in [0.25, 0.3) is 0 Å². The number of hydrogen-bond acceptors (Lipinski definition) is 3. The van der Waals surface area contributed by atoms with Gasteiger partial charge in [0.05, 0.1) is 34.3 Å². The van der Waals surface area contributed by atoms with Crippen molar-refractivity contribution < 1.29 is 13.2 Å². The number of sulfone groups is 1. The van der Waals surface area contributed by atoms with Gasteiger partial charge in [-0.2, -0.15) is 0 Å². The van der Waals surface area contributed by atoms with E-state index < -0.39 is 21.9 Å². The third kappa shape index (κ3) is 2.77. The molecule has 2 aromatic carbocycles. The SMILES string of the molecule is CCc1ccc(N2C(=O)N(c3ccccc3Cl)C3CS(=O)(=O)CC32)cc1. The molecule has 0 radical (unpaired) electrons. The largest absolute Gasteiger partial charge is 0.329 e. The number of rotatable bonds is 3. The number of fused-ring (bicyclic) bond motifs is 1. The molecule has 2 aliphatic heterocycles. The Labute approximate surface area is 158 Å². The molecule has 2 aromatic rings. The summed E-state index contributed by atoms with van der Waals surface area (Å²) in [5.41, 5.74) is 2.44. The molecular formula is C19H19ClN2O3S. The van der Waals surface area contributed by atoms with Gasteiger partial charge in [-0.25, -0.2) is 13.2 Å². The van der Waals surface area contributed by atoms with Crippen LogP contribution in [0.4, 0.5) is 16.2 Å².